The number of hydrogen-bond donors (Lipinski definition) is 3. The number of para-hydroxylation sites is 1. The first kappa shape index (κ1) is 19.0. The minimum absolute atomic E-state index is 0. The molecule has 0 amide bonds. The van der Waals surface area contributed by atoms with E-state index < -0.39 is 0 Å². The summed E-state index contributed by atoms with van der Waals surface area (Å²) in [7, 11) is 1.78. The fourth-order valence-electron chi connectivity index (χ4n) is 2.74. The molecule has 2 aromatic rings. The van der Waals surface area contributed by atoms with Crippen LogP contribution < -0.4 is 10.6 Å². The number of fused-ring (bicyclic) bond motifs is 1. The van der Waals surface area contributed by atoms with E-state index in [1.807, 2.05) is 6.07 Å². The van der Waals surface area contributed by atoms with E-state index in [9.17, 15) is 0 Å². The van der Waals surface area contributed by atoms with Crippen LogP contribution in [-0.4, -0.2) is 57.0 Å². The first-order valence-corrected chi connectivity index (χ1v) is 8.05. The normalized spacial score (nSPS) is 18.2. The molecule has 24 heavy (non-hydrogen) atoms. The van der Waals surface area contributed by atoms with Crippen molar-refractivity contribution in [3.8, 4) is 0 Å². The fourth-order valence-corrected chi connectivity index (χ4v) is 2.74. The molecule has 0 spiro atoms. The van der Waals surface area contributed by atoms with Crippen molar-refractivity contribution in [3.05, 3.63) is 36.0 Å². The van der Waals surface area contributed by atoms with E-state index in [1.54, 1.807) is 7.05 Å². The molecule has 3 N–H and O–H groups in total. The summed E-state index contributed by atoms with van der Waals surface area (Å²) < 4.78 is 11.0. The number of aromatic amines is 1. The molecule has 1 aliphatic rings. The van der Waals surface area contributed by atoms with Crippen molar-refractivity contribution in [2.24, 2.45) is 4.99 Å². The van der Waals surface area contributed by atoms with Gasteiger partial charge < -0.3 is 25.1 Å². The molecule has 3 rings (SSSR count). The molecule has 0 saturated carbocycles. The molecule has 0 radical (unpaired) electrons. The van der Waals surface area contributed by atoms with Crippen molar-refractivity contribution in [1.29, 1.82) is 0 Å². The molecule has 1 saturated heterocycles. The lowest BCUT2D eigenvalue weighted by Gasteiger charge is -2.24. The van der Waals surface area contributed by atoms with Gasteiger partial charge in [-0.15, -0.1) is 24.0 Å². The van der Waals surface area contributed by atoms with Crippen molar-refractivity contribution < 1.29 is 9.47 Å². The minimum atomic E-state index is 0. The van der Waals surface area contributed by atoms with Crippen molar-refractivity contribution in [3.63, 3.8) is 0 Å². The number of aliphatic imine (C=N–C) groups is 1. The molecule has 6 nitrogen and oxygen atoms in total. The fraction of sp³-hybridized carbons (Fsp3) is 0.471. The van der Waals surface area contributed by atoms with Gasteiger partial charge in [0, 0.05) is 37.2 Å². The summed E-state index contributed by atoms with van der Waals surface area (Å²) in [5.41, 5.74) is 2.49. The van der Waals surface area contributed by atoms with Gasteiger partial charge in [-0.2, -0.15) is 0 Å². The van der Waals surface area contributed by atoms with Gasteiger partial charge in [0.1, 0.15) is 0 Å². The van der Waals surface area contributed by atoms with E-state index >= 15 is 0 Å². The highest BCUT2D eigenvalue weighted by atomic mass is 127. The van der Waals surface area contributed by atoms with E-state index in [2.05, 4.69) is 45.0 Å². The Morgan fingerprint density at radius 3 is 2.96 bits per heavy atom. The highest BCUT2D eigenvalue weighted by Crippen LogP contribution is 2.17. The lowest BCUT2D eigenvalue weighted by Crippen LogP contribution is -2.45. The summed E-state index contributed by atoms with van der Waals surface area (Å²) in [5.74, 6) is 0.791. The number of benzene rings is 1. The lowest BCUT2D eigenvalue weighted by molar-refractivity contribution is -0.0850. The number of aromatic nitrogens is 1. The Morgan fingerprint density at radius 1 is 1.29 bits per heavy atom. The predicted molar refractivity (Wildman–Crippen MR) is 107 cm³/mol. The van der Waals surface area contributed by atoms with Gasteiger partial charge >= 0.3 is 0 Å². The monoisotopic (exact) mass is 444 g/mol. The van der Waals surface area contributed by atoms with Crippen LogP contribution in [-0.2, 0) is 15.9 Å². The SMILES string of the molecule is CN=C(NCCc1c[nH]c2ccccc12)NCC1COCCO1.I. The first-order chi connectivity index (χ1) is 11.4. The van der Waals surface area contributed by atoms with Gasteiger partial charge in [0.05, 0.1) is 25.9 Å². The van der Waals surface area contributed by atoms with Crippen LogP contribution in [0.2, 0.25) is 0 Å². The molecule has 1 aliphatic heterocycles. The van der Waals surface area contributed by atoms with Crippen LogP contribution in [0.4, 0.5) is 0 Å². The largest absolute Gasteiger partial charge is 0.376 e. The molecular weight excluding hydrogens is 419 g/mol. The van der Waals surface area contributed by atoms with Crippen molar-refractivity contribution >= 4 is 40.8 Å². The zero-order chi connectivity index (χ0) is 15.9. The van der Waals surface area contributed by atoms with E-state index in [0.29, 0.717) is 26.4 Å². The standard InChI is InChI=1S/C17H24N4O2.HI/c1-18-17(21-11-14-12-22-8-9-23-14)19-7-6-13-10-20-16-5-3-2-4-15(13)16;/h2-5,10,14,20H,6-9,11-12H2,1H3,(H2,18,19,21);1H. The van der Waals surface area contributed by atoms with Crippen LogP contribution in [0.3, 0.4) is 0 Å². The molecule has 1 unspecified atom stereocenters. The van der Waals surface area contributed by atoms with Gasteiger partial charge in [-0.05, 0) is 18.1 Å². The number of H-pyrrole nitrogens is 1. The highest BCUT2D eigenvalue weighted by molar-refractivity contribution is 14.0. The third kappa shape index (κ3) is 5.09. The molecule has 7 heteroatoms. The van der Waals surface area contributed by atoms with E-state index in [4.69, 9.17) is 9.47 Å². The number of guanidine groups is 1. The number of nitrogens with zero attached hydrogens (tertiary/aromatic N) is 1. The van der Waals surface area contributed by atoms with Gasteiger partial charge in [-0.1, -0.05) is 18.2 Å². The predicted octanol–water partition coefficient (Wildman–Crippen LogP) is 1.91. The number of hydrogen-bond acceptors (Lipinski definition) is 3. The lowest BCUT2D eigenvalue weighted by atomic mass is 10.1. The topological polar surface area (TPSA) is 70.7 Å². The smallest absolute Gasteiger partial charge is 0.191 e. The summed E-state index contributed by atoms with van der Waals surface area (Å²) in [5, 5.41) is 7.91. The Balaban J connectivity index is 0.00000208. The summed E-state index contributed by atoms with van der Waals surface area (Å²) in [6.07, 6.45) is 3.11. The first-order valence-electron chi connectivity index (χ1n) is 8.05. The summed E-state index contributed by atoms with van der Waals surface area (Å²) in [6, 6.07) is 8.36. The molecular formula is C17H25IN4O2. The molecule has 0 bridgehead atoms. The minimum Gasteiger partial charge on any atom is -0.376 e. The Morgan fingerprint density at radius 2 is 2.17 bits per heavy atom. The van der Waals surface area contributed by atoms with Crippen LogP contribution in [0.25, 0.3) is 10.9 Å². The maximum atomic E-state index is 5.61. The maximum absolute atomic E-state index is 5.61. The average Bonchev–Trinajstić information content (AvgIpc) is 3.02. The second kappa shape index (κ2) is 9.85. The summed E-state index contributed by atoms with van der Waals surface area (Å²) in [6.45, 7) is 3.52. The van der Waals surface area contributed by atoms with Crippen molar-refractivity contribution in [2.75, 3.05) is 40.0 Å². The van der Waals surface area contributed by atoms with Crippen LogP contribution in [0.1, 0.15) is 5.56 Å². The third-order valence-electron chi connectivity index (χ3n) is 3.97. The number of ether oxygens (including phenoxy) is 2. The quantitative estimate of drug-likeness (QED) is 0.375. The van der Waals surface area contributed by atoms with Crippen LogP contribution >= 0.6 is 24.0 Å². The maximum Gasteiger partial charge on any atom is 0.191 e. The van der Waals surface area contributed by atoms with Gasteiger partial charge in [0.25, 0.3) is 0 Å². The van der Waals surface area contributed by atoms with Crippen LogP contribution in [0.5, 0.6) is 0 Å². The zero-order valence-electron chi connectivity index (χ0n) is 13.9. The van der Waals surface area contributed by atoms with E-state index in [1.165, 1.54) is 16.5 Å². The van der Waals surface area contributed by atoms with Gasteiger partial charge in [-0.3, -0.25) is 4.99 Å². The van der Waals surface area contributed by atoms with Gasteiger partial charge in [-0.25, -0.2) is 0 Å². The second-order valence-electron chi connectivity index (χ2n) is 5.56. The van der Waals surface area contributed by atoms with Gasteiger partial charge in [0.15, 0.2) is 5.96 Å². The molecule has 1 fully saturated rings. The Bertz CT molecular complexity index is 653. The molecule has 1 aromatic heterocycles. The third-order valence-corrected chi connectivity index (χ3v) is 3.97. The Hall–Kier alpha value is -1.32. The molecule has 132 valence electrons. The van der Waals surface area contributed by atoms with Crippen molar-refractivity contribution in [1.82, 2.24) is 15.6 Å². The summed E-state index contributed by atoms with van der Waals surface area (Å²) in [4.78, 5) is 7.55. The van der Waals surface area contributed by atoms with E-state index in [-0.39, 0.29) is 30.1 Å². The zero-order valence-corrected chi connectivity index (χ0v) is 16.2. The highest BCUT2D eigenvalue weighted by Gasteiger charge is 2.14. The molecule has 0 aliphatic carbocycles. The van der Waals surface area contributed by atoms with Gasteiger partial charge in [0.2, 0.25) is 0 Å². The molecule has 1 aromatic carbocycles. The van der Waals surface area contributed by atoms with Crippen LogP contribution in [0.15, 0.2) is 35.5 Å². The van der Waals surface area contributed by atoms with Crippen molar-refractivity contribution in [2.45, 2.75) is 12.5 Å². The van der Waals surface area contributed by atoms with E-state index in [0.717, 1.165) is 18.9 Å². The summed E-state index contributed by atoms with van der Waals surface area (Å²) >= 11 is 0. The average molecular weight is 444 g/mol. The second-order valence-corrected chi connectivity index (χ2v) is 5.56. The molecule has 2 heterocycles. The Labute approximate surface area is 159 Å². The number of halogens is 1. The Kier molecular flexibility index (Phi) is 7.80. The number of rotatable bonds is 5. The molecule has 1 atom stereocenters. The van der Waals surface area contributed by atoms with Crippen LogP contribution in [0, 0.1) is 0 Å². The number of nitrogens with one attached hydrogen (secondary N) is 3.